The fraction of sp³-hybridized carbons (Fsp3) is 0.562. The third-order valence-corrected chi connectivity index (χ3v) is 5.22. The number of carbonyl (C=O) groups excluding carboxylic acids is 1. The Balaban J connectivity index is 2.98. The van der Waals surface area contributed by atoms with Gasteiger partial charge in [0.2, 0.25) is 0 Å². The topological polar surface area (TPSA) is 94.1 Å². The van der Waals surface area contributed by atoms with E-state index >= 15 is 0 Å². The molecule has 0 radical (unpaired) electrons. The number of nitrogens with one attached hydrogen (secondary N) is 1. The molecule has 2 atom stereocenters. The number of carbonyl (C=O) groups is 1. The van der Waals surface area contributed by atoms with Crippen molar-refractivity contribution in [3.63, 3.8) is 0 Å². The van der Waals surface area contributed by atoms with Crippen molar-refractivity contribution in [1.82, 2.24) is 5.32 Å². The molecular weight excluding hydrogens is 333 g/mol. The highest BCUT2D eigenvalue weighted by Crippen LogP contribution is 2.51. The maximum Gasteiger partial charge on any atom is 0.407 e. The number of ether oxygens (including phenoxy) is 1. The highest BCUT2D eigenvalue weighted by Gasteiger charge is 2.40. The number of aliphatic hydroxyl groups excluding tert-OH is 1. The van der Waals surface area contributed by atoms with Crippen LogP contribution in [0.5, 0.6) is 0 Å². The molecule has 0 aromatic heterocycles. The molecule has 7 nitrogen and oxygen atoms in total. The van der Waals surface area contributed by atoms with Gasteiger partial charge in [0.05, 0.1) is 6.04 Å². The number of hydrogen-bond donors (Lipinski definition) is 2. The van der Waals surface area contributed by atoms with Gasteiger partial charge in [-0.1, -0.05) is 30.3 Å². The summed E-state index contributed by atoms with van der Waals surface area (Å²) >= 11 is 0. The normalized spacial score (nSPS) is 14.8. The second-order valence-electron chi connectivity index (χ2n) is 6.26. The Bertz CT molecular complexity index is 564. The highest BCUT2D eigenvalue weighted by atomic mass is 31.2. The molecule has 0 aliphatic carbocycles. The summed E-state index contributed by atoms with van der Waals surface area (Å²) in [6.07, 6.45) is -0.487. The monoisotopic (exact) mass is 359 g/mol. The summed E-state index contributed by atoms with van der Waals surface area (Å²) in [5, 5.41) is 13.0. The van der Waals surface area contributed by atoms with E-state index in [-0.39, 0.29) is 6.42 Å². The standard InChI is InChI=1S/C16H26NO6P/c1-16(2,3)23-15(19)17-13(11-12-9-7-6-8-10-12)14(18)24(20,21-4)22-5/h6-10,13-14,18H,11H2,1-5H3,(H,17,19)/t13-,14-/m0/s1. The molecule has 0 heterocycles. The van der Waals surface area contributed by atoms with Gasteiger partial charge < -0.3 is 24.2 Å². The largest absolute Gasteiger partial charge is 0.444 e. The first-order valence-electron chi connectivity index (χ1n) is 7.54. The number of benzene rings is 1. The minimum atomic E-state index is -3.79. The van der Waals surface area contributed by atoms with Gasteiger partial charge in [-0.3, -0.25) is 4.57 Å². The Morgan fingerprint density at radius 2 is 1.75 bits per heavy atom. The summed E-state index contributed by atoms with van der Waals surface area (Å²) in [5.41, 5.74) is 0.148. The molecule has 0 aliphatic heterocycles. The van der Waals surface area contributed by atoms with Gasteiger partial charge in [0, 0.05) is 14.2 Å². The predicted octanol–water partition coefficient (Wildman–Crippen LogP) is 2.93. The van der Waals surface area contributed by atoms with Crippen molar-refractivity contribution in [1.29, 1.82) is 0 Å². The molecule has 0 unspecified atom stereocenters. The van der Waals surface area contributed by atoms with Crippen molar-refractivity contribution in [2.45, 2.75) is 44.7 Å². The smallest absolute Gasteiger partial charge is 0.407 e. The third-order valence-electron chi connectivity index (χ3n) is 3.19. The lowest BCUT2D eigenvalue weighted by Gasteiger charge is -2.29. The number of hydrogen-bond acceptors (Lipinski definition) is 6. The zero-order chi connectivity index (χ0) is 18.4. The van der Waals surface area contributed by atoms with Gasteiger partial charge in [-0.15, -0.1) is 0 Å². The number of aliphatic hydroxyl groups is 1. The Morgan fingerprint density at radius 3 is 2.21 bits per heavy atom. The van der Waals surface area contributed by atoms with Crippen LogP contribution in [0.15, 0.2) is 30.3 Å². The van der Waals surface area contributed by atoms with Crippen LogP contribution in [0.3, 0.4) is 0 Å². The molecule has 0 aliphatic rings. The maximum atomic E-state index is 12.5. The van der Waals surface area contributed by atoms with E-state index in [4.69, 9.17) is 13.8 Å². The van der Waals surface area contributed by atoms with Crippen LogP contribution < -0.4 is 5.32 Å². The lowest BCUT2D eigenvalue weighted by Crippen LogP contribution is -2.46. The lowest BCUT2D eigenvalue weighted by molar-refractivity contribution is 0.0454. The van der Waals surface area contributed by atoms with Gasteiger partial charge in [0.1, 0.15) is 5.60 Å². The Hall–Kier alpha value is -1.40. The molecule has 24 heavy (non-hydrogen) atoms. The molecular formula is C16H26NO6P. The molecule has 1 aromatic rings. The average Bonchev–Trinajstić information content (AvgIpc) is 2.52. The Kier molecular flexibility index (Phi) is 7.42. The average molecular weight is 359 g/mol. The van der Waals surface area contributed by atoms with Gasteiger partial charge in [-0.05, 0) is 32.8 Å². The summed E-state index contributed by atoms with van der Waals surface area (Å²) in [6.45, 7) is 5.18. The summed E-state index contributed by atoms with van der Waals surface area (Å²) in [4.78, 5) is 12.1. The third kappa shape index (κ3) is 6.24. The molecule has 2 N–H and O–H groups in total. The van der Waals surface area contributed by atoms with Crippen molar-refractivity contribution in [3.05, 3.63) is 35.9 Å². The van der Waals surface area contributed by atoms with Crippen LogP contribution in [0.1, 0.15) is 26.3 Å². The quantitative estimate of drug-likeness (QED) is 0.727. The summed E-state index contributed by atoms with van der Waals surface area (Å²) in [6, 6.07) is 8.28. The van der Waals surface area contributed by atoms with E-state index in [1.807, 2.05) is 30.3 Å². The van der Waals surface area contributed by atoms with Crippen LogP contribution in [-0.4, -0.2) is 42.9 Å². The van der Waals surface area contributed by atoms with Crippen LogP contribution in [0.25, 0.3) is 0 Å². The Morgan fingerprint density at radius 1 is 1.21 bits per heavy atom. The van der Waals surface area contributed by atoms with E-state index in [1.54, 1.807) is 20.8 Å². The summed E-state index contributed by atoms with van der Waals surface area (Å²) in [5.74, 6) is -1.54. The van der Waals surface area contributed by atoms with E-state index in [2.05, 4.69) is 5.32 Å². The zero-order valence-corrected chi connectivity index (χ0v) is 15.6. The fourth-order valence-corrected chi connectivity index (χ4v) is 3.27. The SMILES string of the molecule is COP(=O)(OC)[C@H](O)[C@H](Cc1ccccc1)NC(=O)OC(C)(C)C. The van der Waals surface area contributed by atoms with Gasteiger partial charge in [-0.2, -0.15) is 0 Å². The predicted molar refractivity (Wildman–Crippen MR) is 90.9 cm³/mol. The van der Waals surface area contributed by atoms with E-state index in [0.29, 0.717) is 0 Å². The summed E-state index contributed by atoms with van der Waals surface area (Å²) in [7, 11) is -1.43. The summed E-state index contributed by atoms with van der Waals surface area (Å²) < 4.78 is 27.3. The molecule has 0 fully saturated rings. The molecule has 136 valence electrons. The number of amides is 1. The van der Waals surface area contributed by atoms with Crippen LogP contribution >= 0.6 is 7.60 Å². The van der Waals surface area contributed by atoms with E-state index in [0.717, 1.165) is 5.56 Å². The molecule has 1 rings (SSSR count). The maximum absolute atomic E-state index is 12.5. The van der Waals surface area contributed by atoms with E-state index in [9.17, 15) is 14.5 Å². The molecule has 0 bridgehead atoms. The van der Waals surface area contributed by atoms with Gasteiger partial charge in [0.25, 0.3) is 0 Å². The van der Waals surface area contributed by atoms with E-state index < -0.39 is 31.2 Å². The first kappa shape index (κ1) is 20.6. The lowest BCUT2D eigenvalue weighted by atomic mass is 10.1. The van der Waals surface area contributed by atoms with Crippen molar-refractivity contribution < 1.29 is 28.3 Å². The Labute approximate surface area is 142 Å². The first-order chi connectivity index (χ1) is 11.1. The zero-order valence-electron chi connectivity index (χ0n) is 14.7. The van der Waals surface area contributed by atoms with Crippen LogP contribution in [-0.2, 0) is 24.8 Å². The second kappa shape index (κ2) is 8.62. The van der Waals surface area contributed by atoms with Crippen LogP contribution in [0.2, 0.25) is 0 Å². The molecule has 0 saturated carbocycles. The van der Waals surface area contributed by atoms with Crippen molar-refractivity contribution in [2.24, 2.45) is 0 Å². The molecule has 0 saturated heterocycles. The van der Waals surface area contributed by atoms with Crippen molar-refractivity contribution in [2.75, 3.05) is 14.2 Å². The van der Waals surface area contributed by atoms with Gasteiger partial charge in [0.15, 0.2) is 5.85 Å². The first-order valence-corrected chi connectivity index (χ1v) is 9.15. The van der Waals surface area contributed by atoms with E-state index in [1.165, 1.54) is 14.2 Å². The van der Waals surface area contributed by atoms with Crippen LogP contribution in [0, 0.1) is 0 Å². The number of rotatable bonds is 7. The van der Waals surface area contributed by atoms with Crippen molar-refractivity contribution in [3.8, 4) is 0 Å². The second-order valence-corrected chi connectivity index (χ2v) is 8.60. The molecule has 8 heteroatoms. The number of alkyl carbamates (subject to hydrolysis) is 1. The minimum Gasteiger partial charge on any atom is -0.444 e. The minimum absolute atomic E-state index is 0.234. The fourth-order valence-electron chi connectivity index (χ4n) is 2.07. The molecule has 1 aromatic carbocycles. The van der Waals surface area contributed by atoms with Crippen molar-refractivity contribution >= 4 is 13.7 Å². The van der Waals surface area contributed by atoms with Crippen LogP contribution in [0.4, 0.5) is 4.79 Å². The highest BCUT2D eigenvalue weighted by molar-refractivity contribution is 7.54. The molecule has 0 spiro atoms. The molecule has 1 amide bonds. The van der Waals surface area contributed by atoms with Gasteiger partial charge >= 0.3 is 13.7 Å². The van der Waals surface area contributed by atoms with Gasteiger partial charge in [-0.25, -0.2) is 4.79 Å².